The molecule has 136 valence electrons. The lowest BCUT2D eigenvalue weighted by Crippen LogP contribution is -2.26. The van der Waals surface area contributed by atoms with Gasteiger partial charge in [-0.3, -0.25) is 10.1 Å². The molecule has 26 heavy (non-hydrogen) atoms. The van der Waals surface area contributed by atoms with Gasteiger partial charge in [0.25, 0.3) is 5.69 Å². The molecule has 0 radical (unpaired) electrons. The van der Waals surface area contributed by atoms with Crippen LogP contribution in [-0.4, -0.2) is 22.6 Å². The lowest BCUT2D eigenvalue weighted by Gasteiger charge is -2.04. The van der Waals surface area contributed by atoms with E-state index in [0.717, 1.165) is 23.5 Å². The highest BCUT2D eigenvalue weighted by atomic mass is 32.2. The first kappa shape index (κ1) is 19.3. The van der Waals surface area contributed by atoms with Crippen molar-refractivity contribution in [1.82, 2.24) is 0 Å². The van der Waals surface area contributed by atoms with Crippen LogP contribution in [0.5, 0.6) is 0 Å². The van der Waals surface area contributed by atoms with Crippen LogP contribution >= 0.6 is 11.8 Å². The maximum atomic E-state index is 11.1. The smallest absolute Gasteiger partial charge is 0.272 e. The summed E-state index contributed by atoms with van der Waals surface area (Å²) < 4.78 is 0. The fourth-order valence-electron chi connectivity index (χ4n) is 2.22. The van der Waals surface area contributed by atoms with E-state index in [2.05, 4.69) is 22.1 Å². The highest BCUT2D eigenvalue weighted by Gasteiger charge is 2.10. The van der Waals surface area contributed by atoms with Gasteiger partial charge in [0.15, 0.2) is 5.96 Å². The second-order valence-electron chi connectivity index (χ2n) is 5.39. The van der Waals surface area contributed by atoms with Crippen LogP contribution < -0.4 is 17.2 Å². The molecule has 0 aliphatic rings. The van der Waals surface area contributed by atoms with Crippen molar-refractivity contribution in [3.8, 4) is 0 Å². The van der Waals surface area contributed by atoms with Crippen LogP contribution in [0, 0.1) is 10.1 Å². The predicted molar refractivity (Wildman–Crippen MR) is 106 cm³/mol. The highest BCUT2D eigenvalue weighted by Crippen LogP contribution is 2.30. The van der Waals surface area contributed by atoms with Crippen molar-refractivity contribution in [2.24, 2.45) is 27.2 Å². The van der Waals surface area contributed by atoms with Crippen LogP contribution in [0.25, 0.3) is 0 Å². The van der Waals surface area contributed by atoms with E-state index in [1.807, 2.05) is 18.2 Å². The molecule has 0 aliphatic carbocycles. The van der Waals surface area contributed by atoms with Gasteiger partial charge in [0.2, 0.25) is 5.96 Å². The third-order valence-corrected chi connectivity index (χ3v) is 4.36. The Labute approximate surface area is 155 Å². The molecule has 2 aromatic rings. The monoisotopic (exact) mass is 372 g/mol. The standard InChI is InChI=1S/C17H20N6O2S/c18-16(19)22-17(20)21-13-9-14(23(24)25)11-15(10-13)26-8-4-7-12-5-2-1-3-6-12/h1-3,5-6,9-11H,4,7-8H2,(H6,18,19,20,21,22). The van der Waals surface area contributed by atoms with Gasteiger partial charge < -0.3 is 17.2 Å². The second-order valence-corrected chi connectivity index (χ2v) is 6.55. The number of thioether (sulfide) groups is 1. The molecule has 0 fully saturated rings. The van der Waals surface area contributed by atoms with Crippen molar-refractivity contribution < 1.29 is 4.92 Å². The van der Waals surface area contributed by atoms with Crippen molar-refractivity contribution in [3.63, 3.8) is 0 Å². The van der Waals surface area contributed by atoms with E-state index in [4.69, 9.17) is 17.2 Å². The molecule has 2 rings (SSSR count). The molecule has 0 amide bonds. The number of hydrogen-bond acceptors (Lipinski definition) is 4. The topological polar surface area (TPSA) is 146 Å². The van der Waals surface area contributed by atoms with Crippen LogP contribution in [0.2, 0.25) is 0 Å². The molecule has 6 N–H and O–H groups in total. The van der Waals surface area contributed by atoms with E-state index in [0.29, 0.717) is 5.69 Å². The Hall–Kier alpha value is -3.07. The number of nitrogens with zero attached hydrogens (tertiary/aromatic N) is 3. The minimum Gasteiger partial charge on any atom is -0.370 e. The van der Waals surface area contributed by atoms with E-state index in [1.165, 1.54) is 29.5 Å². The van der Waals surface area contributed by atoms with Crippen LogP contribution in [-0.2, 0) is 6.42 Å². The van der Waals surface area contributed by atoms with Crippen LogP contribution in [0.15, 0.2) is 63.4 Å². The minimum absolute atomic E-state index is 0.0608. The summed E-state index contributed by atoms with van der Waals surface area (Å²) in [6, 6.07) is 14.7. The van der Waals surface area contributed by atoms with Gasteiger partial charge in [0, 0.05) is 17.0 Å². The molecule has 0 aliphatic heterocycles. The second kappa shape index (κ2) is 9.42. The average Bonchev–Trinajstić information content (AvgIpc) is 2.58. The average molecular weight is 372 g/mol. The quantitative estimate of drug-likeness (QED) is 0.170. The van der Waals surface area contributed by atoms with Gasteiger partial charge in [-0.1, -0.05) is 30.3 Å². The summed E-state index contributed by atoms with van der Waals surface area (Å²) >= 11 is 1.53. The Kier molecular flexibility index (Phi) is 6.98. The Morgan fingerprint density at radius 3 is 2.50 bits per heavy atom. The van der Waals surface area contributed by atoms with Crippen molar-refractivity contribution in [2.45, 2.75) is 17.7 Å². The van der Waals surface area contributed by atoms with Crippen LogP contribution in [0.4, 0.5) is 11.4 Å². The first-order chi connectivity index (χ1) is 12.4. The first-order valence-corrected chi connectivity index (χ1v) is 8.82. The van der Waals surface area contributed by atoms with E-state index < -0.39 is 4.92 Å². The normalized spacial score (nSPS) is 11.2. The molecular weight excluding hydrogens is 352 g/mol. The number of nitrogens with two attached hydrogens (primary N) is 3. The molecule has 0 saturated carbocycles. The molecule has 0 aromatic heterocycles. The SMILES string of the molecule is NC(N)=NC(N)=Nc1cc(SCCCc2ccccc2)cc([N+](=O)[O-])c1. The number of hydrogen-bond donors (Lipinski definition) is 3. The number of benzene rings is 2. The van der Waals surface area contributed by atoms with Crippen LogP contribution in [0.3, 0.4) is 0 Å². The molecule has 0 heterocycles. The summed E-state index contributed by atoms with van der Waals surface area (Å²) in [6.45, 7) is 0. The van der Waals surface area contributed by atoms with Gasteiger partial charge >= 0.3 is 0 Å². The van der Waals surface area contributed by atoms with Gasteiger partial charge in [-0.15, -0.1) is 11.8 Å². The molecule has 8 nitrogen and oxygen atoms in total. The van der Waals surface area contributed by atoms with Crippen molar-refractivity contribution in [2.75, 3.05) is 5.75 Å². The maximum Gasteiger partial charge on any atom is 0.272 e. The van der Waals surface area contributed by atoms with E-state index in [9.17, 15) is 10.1 Å². The zero-order valence-electron chi connectivity index (χ0n) is 14.0. The molecule has 0 saturated heterocycles. The fraction of sp³-hybridized carbons (Fsp3) is 0.176. The molecule has 0 spiro atoms. The fourth-order valence-corrected chi connectivity index (χ4v) is 3.15. The number of guanidine groups is 2. The zero-order valence-corrected chi connectivity index (χ0v) is 14.9. The third-order valence-electron chi connectivity index (χ3n) is 3.30. The number of nitro benzene ring substituents is 1. The first-order valence-electron chi connectivity index (χ1n) is 7.84. The maximum absolute atomic E-state index is 11.1. The Balaban J connectivity index is 2.07. The lowest BCUT2D eigenvalue weighted by molar-refractivity contribution is -0.385. The van der Waals surface area contributed by atoms with Gasteiger partial charge in [-0.2, -0.15) is 4.99 Å². The highest BCUT2D eigenvalue weighted by molar-refractivity contribution is 7.99. The van der Waals surface area contributed by atoms with Gasteiger partial charge in [-0.25, -0.2) is 4.99 Å². The number of rotatable bonds is 7. The summed E-state index contributed by atoms with van der Waals surface area (Å²) in [6.07, 6.45) is 1.90. The Bertz CT molecular complexity index is 819. The van der Waals surface area contributed by atoms with Crippen LogP contribution in [0.1, 0.15) is 12.0 Å². The minimum atomic E-state index is -0.468. The number of aliphatic imine (C=N–C) groups is 2. The Morgan fingerprint density at radius 2 is 1.85 bits per heavy atom. The molecule has 9 heteroatoms. The largest absolute Gasteiger partial charge is 0.370 e. The molecule has 0 unspecified atom stereocenters. The van der Waals surface area contributed by atoms with E-state index in [1.54, 1.807) is 6.07 Å². The summed E-state index contributed by atoms with van der Waals surface area (Å²) in [7, 11) is 0. The van der Waals surface area contributed by atoms with Crippen molar-refractivity contribution >= 4 is 35.1 Å². The third kappa shape index (κ3) is 6.44. The molecule has 2 aromatic carbocycles. The summed E-state index contributed by atoms with van der Waals surface area (Å²) in [4.78, 5) is 19.0. The van der Waals surface area contributed by atoms with E-state index >= 15 is 0 Å². The summed E-state index contributed by atoms with van der Waals surface area (Å²) in [5.74, 6) is 0.431. The zero-order chi connectivity index (χ0) is 18.9. The van der Waals surface area contributed by atoms with Gasteiger partial charge in [0.05, 0.1) is 10.6 Å². The van der Waals surface area contributed by atoms with Crippen molar-refractivity contribution in [1.29, 1.82) is 0 Å². The van der Waals surface area contributed by atoms with Gasteiger partial charge in [-0.05, 0) is 30.2 Å². The summed E-state index contributed by atoms with van der Waals surface area (Å²) in [5, 5.41) is 11.1. The number of aryl methyl sites for hydroxylation is 1. The molecule has 0 bridgehead atoms. The number of non-ortho nitro benzene ring substituents is 1. The van der Waals surface area contributed by atoms with Gasteiger partial charge in [0.1, 0.15) is 0 Å². The number of nitro groups is 1. The van der Waals surface area contributed by atoms with Crippen molar-refractivity contribution in [3.05, 3.63) is 64.2 Å². The lowest BCUT2D eigenvalue weighted by atomic mass is 10.1. The molecular formula is C17H20N6O2S. The van der Waals surface area contributed by atoms with E-state index in [-0.39, 0.29) is 17.6 Å². The predicted octanol–water partition coefficient (Wildman–Crippen LogP) is 2.54. The Morgan fingerprint density at radius 1 is 1.12 bits per heavy atom. The summed E-state index contributed by atoms with van der Waals surface area (Å²) in [5.41, 5.74) is 17.6. The molecule has 0 atom stereocenters.